The molecule has 4 bridgehead atoms. The molecule has 1 saturated heterocycles. The van der Waals surface area contributed by atoms with Gasteiger partial charge >= 0.3 is 11.9 Å². The molecule has 4 unspecified atom stereocenters. The molecule has 2 aromatic carbocycles. The topological polar surface area (TPSA) is 138 Å². The lowest BCUT2D eigenvalue weighted by Gasteiger charge is -2.19. The number of hydrogen-bond donors (Lipinski definition) is 3. The van der Waals surface area contributed by atoms with Crippen molar-refractivity contribution in [3.63, 3.8) is 0 Å². The van der Waals surface area contributed by atoms with Crippen molar-refractivity contribution in [2.24, 2.45) is 0 Å². The number of carboxylic acid groups (broad SMARTS) is 2. The van der Waals surface area contributed by atoms with E-state index in [1.165, 1.54) is 43.2 Å². The Labute approximate surface area is 278 Å². The number of benzene rings is 2. The molecule has 2 fully saturated rings. The van der Waals surface area contributed by atoms with E-state index >= 15 is 0 Å². The second-order valence-electron chi connectivity index (χ2n) is 10.5. The molecule has 9 nitrogen and oxygen atoms in total. The maximum absolute atomic E-state index is 9.10. The Morgan fingerprint density at radius 3 is 1.29 bits per heavy atom. The number of piperidine rings is 1. The largest absolute Gasteiger partial charge is 0.473 e. The summed E-state index contributed by atoms with van der Waals surface area (Å²) in [6.07, 6.45) is 13.9. The summed E-state index contributed by atoms with van der Waals surface area (Å²) in [6.45, 7) is 2.24. The lowest BCUT2D eigenvalue weighted by atomic mass is 9.87. The molecule has 1 aliphatic heterocycles. The molecule has 1 saturated carbocycles. The van der Waals surface area contributed by atoms with Gasteiger partial charge in [-0.25, -0.2) is 9.59 Å². The van der Waals surface area contributed by atoms with E-state index in [1.54, 1.807) is 35.9 Å². The zero-order valence-corrected chi connectivity index (χ0v) is 28.7. The maximum Gasteiger partial charge on any atom is 0.414 e. The third-order valence-electron chi connectivity index (χ3n) is 8.32. The first-order valence-electron chi connectivity index (χ1n) is 13.3. The molecular formula is C29H30I3N5O4. The monoisotopic (exact) mass is 893 g/mol. The van der Waals surface area contributed by atoms with Gasteiger partial charge in [0.05, 0.1) is 22.1 Å². The molecule has 8 rings (SSSR count). The van der Waals surface area contributed by atoms with Gasteiger partial charge in [0, 0.05) is 75.1 Å². The summed E-state index contributed by atoms with van der Waals surface area (Å²) in [4.78, 5) is 35.8. The lowest BCUT2D eigenvalue weighted by Crippen LogP contribution is -2.28. The van der Waals surface area contributed by atoms with Gasteiger partial charge in [-0.3, -0.25) is 19.9 Å². The van der Waals surface area contributed by atoms with Crippen LogP contribution in [0.2, 0.25) is 0 Å². The van der Waals surface area contributed by atoms with Crippen LogP contribution in [0.15, 0.2) is 49.1 Å². The van der Waals surface area contributed by atoms with Gasteiger partial charge < -0.3 is 15.5 Å². The van der Waals surface area contributed by atoms with Gasteiger partial charge in [-0.05, 0) is 95.9 Å². The Balaban J connectivity index is 0.000000149. The number of halogens is 3. The Hall–Kier alpha value is -1.79. The zero-order chi connectivity index (χ0) is 28.2. The maximum atomic E-state index is 9.10. The van der Waals surface area contributed by atoms with Gasteiger partial charge in [-0.1, -0.05) is 6.42 Å². The van der Waals surface area contributed by atoms with Gasteiger partial charge in [0.2, 0.25) is 0 Å². The third kappa shape index (κ3) is 7.06. The Morgan fingerprint density at radius 2 is 0.951 bits per heavy atom. The summed E-state index contributed by atoms with van der Waals surface area (Å²) in [5, 5.41) is 18.3. The average Bonchev–Trinajstić information content (AvgIpc) is 3.38. The molecule has 216 valence electrons. The van der Waals surface area contributed by atoms with E-state index in [1.807, 2.05) is 0 Å². The second kappa shape index (κ2) is 14.6. The van der Waals surface area contributed by atoms with Gasteiger partial charge in [-0.2, -0.15) is 0 Å². The Morgan fingerprint density at radius 1 is 0.634 bits per heavy atom. The smallest absolute Gasteiger partial charge is 0.414 e. The van der Waals surface area contributed by atoms with Gasteiger partial charge in [0.1, 0.15) is 0 Å². The summed E-state index contributed by atoms with van der Waals surface area (Å²) < 4.78 is 0. The summed E-state index contributed by atoms with van der Waals surface area (Å²) in [5.41, 5.74) is 10.3. The number of aromatic nitrogens is 4. The molecule has 41 heavy (non-hydrogen) atoms. The molecule has 0 spiro atoms. The second-order valence-corrected chi connectivity index (χ2v) is 10.5. The third-order valence-corrected chi connectivity index (χ3v) is 8.32. The lowest BCUT2D eigenvalue weighted by molar-refractivity contribution is -0.159. The van der Waals surface area contributed by atoms with E-state index in [0.717, 1.165) is 47.0 Å². The number of rotatable bonds is 0. The van der Waals surface area contributed by atoms with E-state index in [9.17, 15) is 0 Å². The molecule has 3 heterocycles. The van der Waals surface area contributed by atoms with Crippen molar-refractivity contribution in [1.29, 1.82) is 0 Å². The van der Waals surface area contributed by atoms with Crippen LogP contribution in [-0.4, -0.2) is 55.2 Å². The fraction of sp³-hybridized carbons (Fsp3) is 0.379. The number of hydrogen-bond acceptors (Lipinski definition) is 7. The molecule has 2 aromatic heterocycles. The minimum atomic E-state index is -1.82. The fourth-order valence-corrected chi connectivity index (χ4v) is 6.67. The number of aliphatic carboxylic acids is 2. The van der Waals surface area contributed by atoms with Crippen molar-refractivity contribution in [2.75, 3.05) is 13.1 Å². The predicted octanol–water partition coefficient (Wildman–Crippen LogP) is 6.73. The van der Waals surface area contributed by atoms with Crippen LogP contribution in [0.3, 0.4) is 0 Å². The first-order chi connectivity index (χ1) is 19.5. The van der Waals surface area contributed by atoms with E-state index in [4.69, 9.17) is 19.8 Å². The number of carbonyl (C=O) groups is 2. The molecule has 12 heteroatoms. The molecular weight excluding hydrogens is 863 g/mol. The highest BCUT2D eigenvalue weighted by molar-refractivity contribution is 15.0. The molecule has 0 radical (unpaired) electrons. The van der Waals surface area contributed by atoms with Crippen LogP contribution in [0.5, 0.6) is 0 Å². The predicted molar refractivity (Wildman–Crippen MR) is 185 cm³/mol. The summed E-state index contributed by atoms with van der Waals surface area (Å²) in [5.74, 6) is -0.648. The molecule has 3 aliphatic carbocycles. The number of carboxylic acids is 2. The summed E-state index contributed by atoms with van der Waals surface area (Å²) in [7, 11) is 0. The van der Waals surface area contributed by atoms with E-state index in [0.29, 0.717) is 11.8 Å². The summed E-state index contributed by atoms with van der Waals surface area (Å²) in [6, 6.07) is 9.06. The molecule has 0 amide bonds. The van der Waals surface area contributed by atoms with Crippen LogP contribution in [0.4, 0.5) is 0 Å². The minimum Gasteiger partial charge on any atom is -0.473 e. The first-order valence-corrected chi connectivity index (χ1v) is 19.6. The highest BCUT2D eigenvalue weighted by atomic mass is 128. The van der Waals surface area contributed by atoms with Crippen LogP contribution in [0, 0.1) is 0 Å². The van der Waals surface area contributed by atoms with Crippen molar-refractivity contribution >= 4 is 95.2 Å². The van der Waals surface area contributed by atoms with Gasteiger partial charge in [0.15, 0.2) is 0 Å². The van der Waals surface area contributed by atoms with Crippen LogP contribution >= 0.6 is 61.2 Å². The van der Waals surface area contributed by atoms with Crippen molar-refractivity contribution in [1.82, 2.24) is 25.3 Å². The zero-order valence-electron chi connectivity index (χ0n) is 22.0. The highest BCUT2D eigenvalue weighted by Gasteiger charge is 2.35. The average molecular weight is 893 g/mol. The molecule has 4 atom stereocenters. The van der Waals surface area contributed by atoms with Crippen LogP contribution in [-0.2, 0) is 9.59 Å². The van der Waals surface area contributed by atoms with E-state index in [-0.39, 0.29) is 24.0 Å². The minimum absolute atomic E-state index is 0. The van der Waals surface area contributed by atoms with Crippen LogP contribution < -0.4 is 5.32 Å². The number of nitrogens with zero attached hydrogens (tertiary/aromatic N) is 4. The quantitative estimate of drug-likeness (QED) is 0.130. The molecule has 4 aromatic rings. The SMILES string of the molecule is I.II.O=C(O)C(=O)O.c1cnc2cc3c(cc2n1)C1CCCC3C1.c1cnc2cc3c(cc2n1)C1CNCC3C1. The van der Waals surface area contributed by atoms with Crippen molar-refractivity contribution in [2.45, 2.75) is 55.8 Å². The normalized spacial score (nSPS) is 22.3. The van der Waals surface area contributed by atoms with Crippen molar-refractivity contribution < 1.29 is 19.8 Å². The summed E-state index contributed by atoms with van der Waals surface area (Å²) >= 11 is 4.24. The van der Waals surface area contributed by atoms with Gasteiger partial charge in [0.25, 0.3) is 0 Å². The van der Waals surface area contributed by atoms with Crippen molar-refractivity contribution in [3.8, 4) is 0 Å². The van der Waals surface area contributed by atoms with Crippen LogP contribution in [0.1, 0.15) is 78.0 Å². The molecule has 4 aliphatic rings. The van der Waals surface area contributed by atoms with E-state index < -0.39 is 11.9 Å². The standard InChI is InChI=1S/C14H14N2.C13H13N3.C2H2O4.I2.HI/c1-2-9-6-10(3-1)12-8-14-13(7-11(9)12)15-4-5-16-14;1-2-16-13-5-11-9-3-8(6-14-7-9)10(11)4-12(13)15-1;3-1(4)2(5)6;1-2;/h4-5,7-10H,1-3,6H2;1-2,4-5,8-9,14H,3,6-7H2;(H,3,4)(H,5,6);;1H. The number of nitrogens with one attached hydrogen (secondary N) is 1. The molecule has 3 N–H and O–H groups in total. The Kier molecular flexibility index (Phi) is 11.4. The first kappa shape index (κ1) is 32.1. The van der Waals surface area contributed by atoms with Crippen molar-refractivity contribution in [3.05, 3.63) is 71.3 Å². The van der Waals surface area contributed by atoms with E-state index in [2.05, 4.69) is 86.7 Å². The highest BCUT2D eigenvalue weighted by Crippen LogP contribution is 2.51. The van der Waals surface area contributed by atoms with Crippen LogP contribution in [0.25, 0.3) is 22.1 Å². The number of fused-ring (bicyclic) bond motifs is 12. The fourth-order valence-electron chi connectivity index (χ4n) is 6.67. The Bertz CT molecular complexity index is 1340. The van der Waals surface area contributed by atoms with Gasteiger partial charge in [-0.15, -0.1) is 24.0 Å².